The minimum absolute atomic E-state index is 0.258. The van der Waals surface area contributed by atoms with Crippen LogP contribution in [0.3, 0.4) is 0 Å². The molecule has 1 aliphatic heterocycles. The molecule has 4 aromatic rings. The molecule has 0 saturated heterocycles. The number of carbonyl (C=O) groups excluding carboxylic acids is 2. The SMILES string of the molecule is C=CC(=O)NC(C)C(=O)N[C@@]1(C)CCc2c(-c3ccc(Oc4ccccc4)cc3)c3c(N)ncnc3n2C1. The Labute approximate surface area is 220 Å². The maximum Gasteiger partial charge on any atom is 0.244 e. The standard InChI is InChI=1S/C29H30N6O3/c1-4-23(36)33-18(2)28(37)34-29(3)15-14-22-24(25-26(30)31-17-32-27(25)35(22)16-29)19-10-12-21(13-11-19)38-20-8-6-5-7-9-20/h4-13,17-18H,1,14-16H2,2-3H3,(H,33,36)(H,34,37)(H2,30,31,32)/t18?,29-/m0/s1. The fourth-order valence-corrected chi connectivity index (χ4v) is 4.96. The minimum atomic E-state index is -0.690. The van der Waals surface area contributed by atoms with Crippen LogP contribution >= 0.6 is 0 Å². The molecular formula is C29H30N6O3. The van der Waals surface area contributed by atoms with Gasteiger partial charge in [-0.3, -0.25) is 9.59 Å². The van der Waals surface area contributed by atoms with Crippen molar-refractivity contribution in [2.24, 2.45) is 0 Å². The van der Waals surface area contributed by atoms with Crippen molar-refractivity contribution in [2.75, 3.05) is 5.73 Å². The van der Waals surface area contributed by atoms with Gasteiger partial charge in [-0.2, -0.15) is 0 Å². The van der Waals surface area contributed by atoms with Crippen LogP contribution in [-0.2, 0) is 22.6 Å². The average molecular weight is 511 g/mol. The van der Waals surface area contributed by atoms with Gasteiger partial charge in [-0.1, -0.05) is 36.9 Å². The average Bonchev–Trinajstić information content (AvgIpc) is 3.23. The van der Waals surface area contributed by atoms with Crippen molar-refractivity contribution in [1.29, 1.82) is 0 Å². The van der Waals surface area contributed by atoms with E-state index in [4.69, 9.17) is 10.5 Å². The molecule has 0 fully saturated rings. The molecule has 0 aliphatic carbocycles. The third-order valence-electron chi connectivity index (χ3n) is 6.88. The zero-order valence-electron chi connectivity index (χ0n) is 21.4. The first kappa shape index (κ1) is 25.0. The summed E-state index contributed by atoms with van der Waals surface area (Å²) < 4.78 is 8.08. The summed E-state index contributed by atoms with van der Waals surface area (Å²) >= 11 is 0. The maximum absolute atomic E-state index is 12.9. The van der Waals surface area contributed by atoms with E-state index in [-0.39, 0.29) is 5.91 Å². The zero-order valence-corrected chi connectivity index (χ0v) is 21.4. The topological polar surface area (TPSA) is 124 Å². The van der Waals surface area contributed by atoms with E-state index in [2.05, 4.69) is 31.7 Å². The maximum atomic E-state index is 12.9. The Morgan fingerprint density at radius 3 is 2.55 bits per heavy atom. The lowest BCUT2D eigenvalue weighted by molar-refractivity contribution is -0.128. The molecule has 2 amide bonds. The van der Waals surface area contributed by atoms with Crippen LogP contribution in [0.2, 0.25) is 0 Å². The van der Waals surface area contributed by atoms with Gasteiger partial charge in [0.2, 0.25) is 11.8 Å². The quantitative estimate of drug-likeness (QED) is 0.323. The fraction of sp³-hybridized carbons (Fsp3) is 0.241. The lowest BCUT2D eigenvalue weighted by Gasteiger charge is -2.37. The Hall–Kier alpha value is -4.66. The summed E-state index contributed by atoms with van der Waals surface area (Å²) in [7, 11) is 0. The lowest BCUT2D eigenvalue weighted by Crippen LogP contribution is -2.56. The van der Waals surface area contributed by atoms with Crippen molar-refractivity contribution in [3.8, 4) is 22.6 Å². The van der Waals surface area contributed by atoms with Gasteiger partial charge in [0.1, 0.15) is 35.3 Å². The number of nitrogens with two attached hydrogens (primary N) is 1. The molecule has 4 N–H and O–H groups in total. The van der Waals surface area contributed by atoms with Crippen LogP contribution in [0.1, 0.15) is 26.0 Å². The number of hydrogen-bond donors (Lipinski definition) is 3. The number of carbonyl (C=O) groups is 2. The third kappa shape index (κ3) is 4.82. The van der Waals surface area contributed by atoms with Gasteiger partial charge in [-0.15, -0.1) is 0 Å². The van der Waals surface area contributed by atoms with Gasteiger partial charge in [-0.05, 0) is 62.6 Å². The monoisotopic (exact) mass is 510 g/mol. The molecule has 38 heavy (non-hydrogen) atoms. The van der Waals surface area contributed by atoms with Crippen LogP contribution in [0.15, 0.2) is 73.6 Å². The molecule has 0 saturated carbocycles. The number of nitrogens with zero attached hydrogens (tertiary/aromatic N) is 3. The van der Waals surface area contributed by atoms with Gasteiger partial charge in [0.05, 0.1) is 10.9 Å². The molecule has 3 heterocycles. The molecule has 5 rings (SSSR count). The molecule has 2 atom stereocenters. The van der Waals surface area contributed by atoms with Gasteiger partial charge in [0, 0.05) is 17.8 Å². The van der Waals surface area contributed by atoms with Gasteiger partial charge in [0.25, 0.3) is 0 Å². The highest BCUT2D eigenvalue weighted by molar-refractivity contribution is 6.02. The number of ether oxygens (including phenoxy) is 1. The van der Waals surface area contributed by atoms with E-state index in [1.54, 1.807) is 6.92 Å². The van der Waals surface area contributed by atoms with E-state index in [0.29, 0.717) is 25.2 Å². The van der Waals surface area contributed by atoms with Gasteiger partial charge in [-0.25, -0.2) is 9.97 Å². The van der Waals surface area contributed by atoms with E-state index >= 15 is 0 Å². The van der Waals surface area contributed by atoms with Crippen LogP contribution < -0.4 is 21.1 Å². The first-order chi connectivity index (χ1) is 18.3. The van der Waals surface area contributed by atoms with Crippen molar-refractivity contribution in [3.63, 3.8) is 0 Å². The number of rotatable bonds is 7. The Morgan fingerprint density at radius 1 is 1.13 bits per heavy atom. The molecule has 0 spiro atoms. The summed E-state index contributed by atoms with van der Waals surface area (Å²) in [6.07, 6.45) is 4.00. The summed E-state index contributed by atoms with van der Waals surface area (Å²) in [4.78, 5) is 33.3. The molecule has 1 aliphatic rings. The van der Waals surface area contributed by atoms with Gasteiger partial charge < -0.3 is 25.7 Å². The van der Waals surface area contributed by atoms with Crippen molar-refractivity contribution >= 4 is 28.7 Å². The Balaban J connectivity index is 1.46. The number of anilines is 1. The molecule has 0 bridgehead atoms. The van der Waals surface area contributed by atoms with Crippen molar-refractivity contribution in [2.45, 2.75) is 44.8 Å². The molecule has 194 valence electrons. The number of hydrogen-bond acceptors (Lipinski definition) is 6. The number of para-hydroxylation sites is 1. The third-order valence-corrected chi connectivity index (χ3v) is 6.88. The number of fused-ring (bicyclic) bond motifs is 3. The number of aromatic nitrogens is 3. The number of benzene rings is 2. The predicted octanol–water partition coefficient (Wildman–Crippen LogP) is 3.98. The second kappa shape index (κ2) is 10.0. The lowest BCUT2D eigenvalue weighted by atomic mass is 9.88. The first-order valence-electron chi connectivity index (χ1n) is 12.5. The van der Waals surface area contributed by atoms with Crippen LogP contribution in [0.4, 0.5) is 5.82 Å². The largest absolute Gasteiger partial charge is 0.457 e. The Kier molecular flexibility index (Phi) is 6.59. The second-order valence-electron chi connectivity index (χ2n) is 9.79. The van der Waals surface area contributed by atoms with Gasteiger partial charge in [0.15, 0.2) is 0 Å². The molecule has 1 unspecified atom stereocenters. The van der Waals surface area contributed by atoms with E-state index in [1.165, 1.54) is 6.33 Å². The molecular weight excluding hydrogens is 480 g/mol. The van der Waals surface area contributed by atoms with Crippen molar-refractivity contribution in [3.05, 3.63) is 79.3 Å². The number of amides is 2. The molecule has 2 aromatic carbocycles. The molecule has 0 radical (unpaired) electrons. The van der Waals surface area contributed by atoms with Crippen molar-refractivity contribution in [1.82, 2.24) is 25.2 Å². The van der Waals surface area contributed by atoms with Crippen LogP contribution in [0, 0.1) is 0 Å². The zero-order chi connectivity index (χ0) is 26.9. The Morgan fingerprint density at radius 2 is 1.84 bits per heavy atom. The normalized spacial score (nSPS) is 17.3. The van der Waals surface area contributed by atoms with E-state index in [1.807, 2.05) is 61.5 Å². The smallest absolute Gasteiger partial charge is 0.244 e. The van der Waals surface area contributed by atoms with Crippen LogP contribution in [0.5, 0.6) is 11.5 Å². The predicted molar refractivity (Wildman–Crippen MR) is 147 cm³/mol. The summed E-state index contributed by atoms with van der Waals surface area (Å²) in [5.41, 5.74) is 9.62. The minimum Gasteiger partial charge on any atom is -0.457 e. The summed E-state index contributed by atoms with van der Waals surface area (Å²) in [6.45, 7) is 7.59. The highest BCUT2D eigenvalue weighted by Gasteiger charge is 2.36. The second-order valence-corrected chi connectivity index (χ2v) is 9.79. The highest BCUT2D eigenvalue weighted by Crippen LogP contribution is 2.41. The van der Waals surface area contributed by atoms with Crippen LogP contribution in [-0.4, -0.2) is 37.9 Å². The van der Waals surface area contributed by atoms with E-state index < -0.39 is 17.5 Å². The first-order valence-corrected chi connectivity index (χ1v) is 12.5. The van der Waals surface area contributed by atoms with Gasteiger partial charge >= 0.3 is 0 Å². The number of nitrogens with one attached hydrogen (secondary N) is 2. The highest BCUT2D eigenvalue weighted by atomic mass is 16.5. The molecule has 9 nitrogen and oxygen atoms in total. The van der Waals surface area contributed by atoms with E-state index in [0.717, 1.165) is 45.4 Å². The summed E-state index contributed by atoms with van der Waals surface area (Å²) in [5, 5.41) is 6.53. The fourth-order valence-electron chi connectivity index (χ4n) is 4.96. The summed E-state index contributed by atoms with van der Waals surface area (Å²) in [6, 6.07) is 16.8. The summed E-state index contributed by atoms with van der Waals surface area (Å²) in [5.74, 6) is 1.25. The van der Waals surface area contributed by atoms with E-state index in [9.17, 15) is 9.59 Å². The Bertz CT molecular complexity index is 1510. The number of nitrogen functional groups attached to an aromatic ring is 1. The molecule has 2 aromatic heterocycles. The molecule has 9 heteroatoms. The van der Waals surface area contributed by atoms with Crippen molar-refractivity contribution < 1.29 is 14.3 Å². The van der Waals surface area contributed by atoms with Crippen LogP contribution in [0.25, 0.3) is 22.2 Å².